The Balaban J connectivity index is 1.86. The molecule has 2 rings (SSSR count). The van der Waals surface area contributed by atoms with Crippen LogP contribution in [-0.4, -0.2) is 11.5 Å². The molecule has 0 aliphatic heterocycles. The second kappa shape index (κ2) is 6.41. The first kappa shape index (κ1) is 12.9. The lowest BCUT2D eigenvalue weighted by atomic mass is 10.1. The second-order valence-corrected chi connectivity index (χ2v) is 5.35. The summed E-state index contributed by atoms with van der Waals surface area (Å²) in [7, 11) is 0. The number of carbonyl (C=O) groups is 1. The highest BCUT2D eigenvalue weighted by Gasteiger charge is 2.04. The van der Waals surface area contributed by atoms with Crippen LogP contribution in [0.25, 0.3) is 0 Å². The Morgan fingerprint density at radius 2 is 1.83 bits per heavy atom. The summed E-state index contributed by atoms with van der Waals surface area (Å²) in [5, 5.41) is 0. The monoisotopic (exact) mass is 256 g/mol. The van der Waals surface area contributed by atoms with Gasteiger partial charge in [-0.3, -0.25) is 4.79 Å². The van der Waals surface area contributed by atoms with E-state index in [1.54, 1.807) is 11.8 Å². The van der Waals surface area contributed by atoms with Gasteiger partial charge < -0.3 is 0 Å². The van der Waals surface area contributed by atoms with Crippen LogP contribution in [-0.2, 0) is 11.2 Å². The molecule has 0 amide bonds. The van der Waals surface area contributed by atoms with Crippen LogP contribution in [0, 0.1) is 6.92 Å². The van der Waals surface area contributed by atoms with E-state index < -0.39 is 0 Å². The van der Waals surface area contributed by atoms with Crippen molar-refractivity contribution in [1.82, 2.24) is 0 Å². The minimum absolute atomic E-state index is 0.273. The highest BCUT2D eigenvalue weighted by molar-refractivity contribution is 8.00. The predicted molar refractivity (Wildman–Crippen MR) is 77.1 cm³/mol. The topological polar surface area (TPSA) is 17.1 Å². The summed E-state index contributed by atoms with van der Waals surface area (Å²) < 4.78 is 0. The fourth-order valence-corrected chi connectivity index (χ4v) is 2.56. The highest BCUT2D eigenvalue weighted by atomic mass is 32.2. The van der Waals surface area contributed by atoms with Crippen molar-refractivity contribution in [2.75, 3.05) is 5.75 Å². The highest BCUT2D eigenvalue weighted by Crippen LogP contribution is 2.17. The zero-order valence-electron chi connectivity index (χ0n) is 10.4. The Morgan fingerprint density at radius 1 is 1.06 bits per heavy atom. The molecule has 0 saturated heterocycles. The molecule has 0 N–H and O–H groups in total. The first-order valence-corrected chi connectivity index (χ1v) is 6.98. The van der Waals surface area contributed by atoms with Crippen LogP contribution < -0.4 is 0 Å². The minimum atomic E-state index is 0.273. The molecule has 0 fully saturated rings. The van der Waals surface area contributed by atoms with Crippen LogP contribution in [0.5, 0.6) is 0 Å². The molecule has 0 unspecified atom stereocenters. The van der Waals surface area contributed by atoms with Crippen molar-refractivity contribution < 1.29 is 4.79 Å². The molecule has 0 aromatic heterocycles. The Kier molecular flexibility index (Phi) is 4.59. The third kappa shape index (κ3) is 4.04. The number of hydrogen-bond acceptors (Lipinski definition) is 2. The summed E-state index contributed by atoms with van der Waals surface area (Å²) in [5.41, 5.74) is 2.31. The maximum atomic E-state index is 11.9. The molecule has 0 heterocycles. The summed E-state index contributed by atoms with van der Waals surface area (Å²) in [6.45, 7) is 2.05. The molecular weight excluding hydrogens is 240 g/mol. The predicted octanol–water partition coefficient (Wildman–Crippen LogP) is 3.90. The van der Waals surface area contributed by atoms with Crippen LogP contribution in [0.4, 0.5) is 0 Å². The quantitative estimate of drug-likeness (QED) is 0.755. The van der Waals surface area contributed by atoms with E-state index in [4.69, 9.17) is 0 Å². The summed E-state index contributed by atoms with van der Waals surface area (Å²) in [6.07, 6.45) is 0.529. The van der Waals surface area contributed by atoms with Gasteiger partial charge in [-0.25, -0.2) is 0 Å². The van der Waals surface area contributed by atoms with E-state index in [0.29, 0.717) is 12.2 Å². The average molecular weight is 256 g/mol. The van der Waals surface area contributed by atoms with Gasteiger partial charge in [0.2, 0.25) is 0 Å². The Bertz CT molecular complexity index is 520. The van der Waals surface area contributed by atoms with Crippen molar-refractivity contribution in [2.45, 2.75) is 18.2 Å². The van der Waals surface area contributed by atoms with Crippen molar-refractivity contribution >= 4 is 17.5 Å². The van der Waals surface area contributed by atoms with Crippen LogP contribution >= 0.6 is 11.8 Å². The third-order valence-electron chi connectivity index (χ3n) is 2.63. The van der Waals surface area contributed by atoms with Crippen LogP contribution in [0.1, 0.15) is 11.1 Å². The molecule has 0 bridgehead atoms. The fraction of sp³-hybridized carbons (Fsp3) is 0.188. The fourth-order valence-electron chi connectivity index (χ4n) is 1.78. The minimum Gasteiger partial charge on any atom is -0.298 e. The van der Waals surface area contributed by atoms with E-state index in [9.17, 15) is 4.79 Å². The molecule has 1 nitrogen and oxygen atoms in total. The van der Waals surface area contributed by atoms with Crippen LogP contribution in [0.2, 0.25) is 0 Å². The van der Waals surface area contributed by atoms with Gasteiger partial charge in [-0.05, 0) is 24.6 Å². The van der Waals surface area contributed by atoms with E-state index in [0.717, 1.165) is 10.5 Å². The molecule has 0 aliphatic carbocycles. The number of thioether (sulfide) groups is 1. The molecular formula is C16H16OS. The summed E-state index contributed by atoms with van der Waals surface area (Å²) >= 11 is 1.60. The summed E-state index contributed by atoms with van der Waals surface area (Å²) in [4.78, 5) is 13.0. The van der Waals surface area contributed by atoms with Crippen LogP contribution in [0.15, 0.2) is 59.5 Å². The lowest BCUT2D eigenvalue weighted by Crippen LogP contribution is -2.05. The van der Waals surface area contributed by atoms with Gasteiger partial charge >= 0.3 is 0 Å². The lowest BCUT2D eigenvalue weighted by Gasteiger charge is -2.03. The molecule has 92 valence electrons. The van der Waals surface area contributed by atoms with E-state index in [2.05, 4.69) is 6.07 Å². The first-order chi connectivity index (χ1) is 8.74. The molecule has 0 radical (unpaired) electrons. The van der Waals surface area contributed by atoms with Crippen LogP contribution in [0.3, 0.4) is 0 Å². The van der Waals surface area contributed by atoms with Gasteiger partial charge in [-0.2, -0.15) is 0 Å². The van der Waals surface area contributed by atoms with Gasteiger partial charge in [0, 0.05) is 11.3 Å². The zero-order chi connectivity index (χ0) is 12.8. The van der Waals surface area contributed by atoms with Gasteiger partial charge in [0.25, 0.3) is 0 Å². The molecule has 0 spiro atoms. The number of Topliss-reactive ketones (excluding diaryl/α,β-unsaturated/α-hetero) is 1. The molecule has 18 heavy (non-hydrogen) atoms. The Labute approximate surface area is 112 Å². The Morgan fingerprint density at radius 3 is 2.56 bits per heavy atom. The molecule has 0 atom stereocenters. The summed E-state index contributed by atoms with van der Waals surface area (Å²) in [5.74, 6) is 0.812. The maximum absolute atomic E-state index is 11.9. The largest absolute Gasteiger partial charge is 0.298 e. The van der Waals surface area contributed by atoms with E-state index >= 15 is 0 Å². The Hall–Kier alpha value is -1.54. The van der Waals surface area contributed by atoms with Gasteiger partial charge in [0.05, 0.1) is 5.75 Å². The van der Waals surface area contributed by atoms with Crippen molar-refractivity contribution in [2.24, 2.45) is 0 Å². The number of ketones is 1. The average Bonchev–Trinajstić information content (AvgIpc) is 2.38. The van der Waals surface area contributed by atoms with Gasteiger partial charge in [0.15, 0.2) is 0 Å². The lowest BCUT2D eigenvalue weighted by molar-refractivity contribution is -0.116. The smallest absolute Gasteiger partial charge is 0.147 e. The number of aryl methyl sites for hydroxylation is 1. The van der Waals surface area contributed by atoms with E-state index in [1.807, 2.05) is 55.5 Å². The maximum Gasteiger partial charge on any atom is 0.147 e. The van der Waals surface area contributed by atoms with Crippen molar-refractivity contribution in [3.8, 4) is 0 Å². The van der Waals surface area contributed by atoms with Gasteiger partial charge in [0.1, 0.15) is 5.78 Å². The molecule has 2 aromatic carbocycles. The molecule has 2 aromatic rings. The third-order valence-corrected chi connectivity index (χ3v) is 3.70. The number of hydrogen-bond donors (Lipinski definition) is 0. The normalized spacial score (nSPS) is 10.3. The number of carbonyl (C=O) groups excluding carboxylic acids is 1. The second-order valence-electron chi connectivity index (χ2n) is 4.31. The molecule has 2 heteroatoms. The SMILES string of the molecule is Cc1cccc(CC(=O)CSc2ccccc2)c1. The van der Waals surface area contributed by atoms with Gasteiger partial charge in [-0.15, -0.1) is 11.8 Å². The number of rotatable bonds is 5. The number of benzene rings is 2. The van der Waals surface area contributed by atoms with Gasteiger partial charge in [-0.1, -0.05) is 48.0 Å². The van der Waals surface area contributed by atoms with Crippen molar-refractivity contribution in [1.29, 1.82) is 0 Å². The first-order valence-electron chi connectivity index (χ1n) is 5.99. The van der Waals surface area contributed by atoms with E-state index in [-0.39, 0.29) is 5.78 Å². The summed E-state index contributed by atoms with van der Waals surface area (Å²) in [6, 6.07) is 18.2. The standard InChI is InChI=1S/C16H16OS/c1-13-6-5-7-14(10-13)11-15(17)12-18-16-8-3-2-4-9-16/h2-10H,11-12H2,1H3. The van der Waals surface area contributed by atoms with Crippen molar-refractivity contribution in [3.05, 3.63) is 65.7 Å². The van der Waals surface area contributed by atoms with Crippen molar-refractivity contribution in [3.63, 3.8) is 0 Å². The zero-order valence-corrected chi connectivity index (χ0v) is 11.2. The molecule has 0 aliphatic rings. The van der Waals surface area contributed by atoms with E-state index in [1.165, 1.54) is 5.56 Å². The molecule has 0 saturated carbocycles.